The molecule has 1 aliphatic rings. The van der Waals surface area contributed by atoms with Gasteiger partial charge in [-0.25, -0.2) is 0 Å². The fraction of sp³-hybridized carbons (Fsp3) is 0.300. The van der Waals surface area contributed by atoms with E-state index in [-0.39, 0.29) is 18.6 Å². The smallest absolute Gasteiger partial charge is 0.266 e. The highest BCUT2D eigenvalue weighted by Gasteiger charge is 2.30. The number of rotatable bonds is 7. The first-order valence-electron chi connectivity index (χ1n) is 12.4. The lowest BCUT2D eigenvalue weighted by Gasteiger charge is -2.34. The molecule has 5 rings (SSSR count). The van der Waals surface area contributed by atoms with Crippen LogP contribution in [0.1, 0.15) is 52.9 Å². The fourth-order valence-electron chi connectivity index (χ4n) is 5.11. The van der Waals surface area contributed by atoms with Crippen molar-refractivity contribution in [1.82, 2.24) is 4.90 Å². The first-order chi connectivity index (χ1) is 17.6. The van der Waals surface area contributed by atoms with Crippen LogP contribution in [0.25, 0.3) is 21.2 Å². The Morgan fingerprint density at radius 1 is 1.03 bits per heavy atom. The zero-order valence-corrected chi connectivity index (χ0v) is 21.9. The van der Waals surface area contributed by atoms with Crippen molar-refractivity contribution in [2.24, 2.45) is 0 Å². The molecule has 36 heavy (non-hydrogen) atoms. The van der Waals surface area contributed by atoms with Gasteiger partial charge in [0.15, 0.2) is 0 Å². The Labute approximate surface area is 221 Å². The predicted molar refractivity (Wildman–Crippen MR) is 148 cm³/mol. The molecule has 1 amide bonds. The summed E-state index contributed by atoms with van der Waals surface area (Å²) in [4.78, 5) is 16.7. The third kappa shape index (κ3) is 5.01. The monoisotopic (exact) mass is 519 g/mol. The van der Waals surface area contributed by atoms with E-state index in [1.54, 1.807) is 7.11 Å². The Bertz CT molecular complexity index is 1360. The Hall–Kier alpha value is -2.86. The molecule has 0 bridgehead atoms. The highest BCUT2D eigenvalue weighted by atomic mass is 35.5. The third-order valence-electron chi connectivity index (χ3n) is 7.10. The summed E-state index contributed by atoms with van der Waals surface area (Å²) in [6.07, 6.45) is 5.47. The number of halogens is 1. The van der Waals surface area contributed by atoms with Crippen molar-refractivity contribution >= 4 is 38.9 Å². The number of benzene rings is 3. The maximum absolute atomic E-state index is 14.1. The third-order valence-corrected chi connectivity index (χ3v) is 8.76. The van der Waals surface area contributed by atoms with E-state index in [0.717, 1.165) is 63.8 Å². The number of hydrogen-bond donors (Lipinski definition) is 1. The molecule has 1 aliphatic carbocycles. The lowest BCUT2D eigenvalue weighted by Crippen LogP contribution is -2.40. The molecule has 1 aromatic heterocycles. The van der Waals surface area contributed by atoms with Gasteiger partial charge in [-0.1, -0.05) is 79.4 Å². The minimum atomic E-state index is -0.00662. The summed E-state index contributed by atoms with van der Waals surface area (Å²) in [5, 5.41) is 10.9. The van der Waals surface area contributed by atoms with Crippen LogP contribution < -0.4 is 4.74 Å². The summed E-state index contributed by atoms with van der Waals surface area (Å²) < 4.78 is 6.75. The first kappa shape index (κ1) is 24.8. The maximum atomic E-state index is 14.1. The molecule has 0 spiro atoms. The average Bonchev–Trinajstić information content (AvgIpc) is 3.28. The fourth-order valence-corrected chi connectivity index (χ4v) is 6.58. The van der Waals surface area contributed by atoms with Crippen LogP contribution in [0.5, 0.6) is 5.75 Å². The number of fused-ring (bicyclic) bond motifs is 1. The molecule has 186 valence electrons. The van der Waals surface area contributed by atoms with Crippen LogP contribution in [0.2, 0.25) is 5.02 Å². The van der Waals surface area contributed by atoms with Gasteiger partial charge in [-0.15, -0.1) is 11.3 Å². The van der Waals surface area contributed by atoms with Gasteiger partial charge >= 0.3 is 0 Å². The van der Waals surface area contributed by atoms with Gasteiger partial charge in [0.1, 0.15) is 10.6 Å². The Morgan fingerprint density at radius 3 is 2.44 bits per heavy atom. The van der Waals surface area contributed by atoms with E-state index < -0.39 is 0 Å². The van der Waals surface area contributed by atoms with Crippen LogP contribution in [-0.4, -0.2) is 29.1 Å². The van der Waals surface area contributed by atoms with Gasteiger partial charge in [-0.05, 0) is 47.7 Å². The van der Waals surface area contributed by atoms with Crippen LogP contribution in [0.3, 0.4) is 0 Å². The molecule has 0 radical (unpaired) electrons. The molecule has 0 saturated heterocycles. The Morgan fingerprint density at radius 2 is 1.75 bits per heavy atom. The van der Waals surface area contributed by atoms with Crippen molar-refractivity contribution in [3.05, 3.63) is 87.8 Å². The van der Waals surface area contributed by atoms with Crippen LogP contribution >= 0.6 is 22.9 Å². The molecular weight excluding hydrogens is 490 g/mol. The van der Waals surface area contributed by atoms with Gasteiger partial charge in [0.2, 0.25) is 0 Å². The van der Waals surface area contributed by atoms with Crippen LogP contribution in [0, 0.1) is 0 Å². The number of nitrogens with zero attached hydrogens (tertiary/aromatic N) is 1. The first-order valence-corrected chi connectivity index (χ1v) is 13.6. The molecule has 0 atom stereocenters. The van der Waals surface area contributed by atoms with Gasteiger partial charge in [0.05, 0.1) is 18.7 Å². The molecule has 1 heterocycles. The van der Waals surface area contributed by atoms with Gasteiger partial charge < -0.3 is 14.7 Å². The van der Waals surface area contributed by atoms with Crippen molar-refractivity contribution in [3.8, 4) is 16.9 Å². The number of amides is 1. The zero-order valence-electron chi connectivity index (χ0n) is 20.4. The lowest BCUT2D eigenvalue weighted by molar-refractivity contribution is 0.0618. The van der Waals surface area contributed by atoms with Crippen molar-refractivity contribution in [2.75, 3.05) is 7.11 Å². The number of methoxy groups -OCH3 is 1. The maximum Gasteiger partial charge on any atom is 0.266 e. The summed E-state index contributed by atoms with van der Waals surface area (Å²) in [7, 11) is 1.67. The topological polar surface area (TPSA) is 49.8 Å². The molecule has 1 fully saturated rings. The van der Waals surface area contributed by atoms with Crippen molar-refractivity contribution < 1.29 is 14.6 Å². The molecule has 0 unspecified atom stereocenters. The number of thiophene rings is 1. The lowest BCUT2D eigenvalue weighted by atomic mass is 9.93. The second kappa shape index (κ2) is 11.0. The standard InChI is InChI=1S/C30H30ClNO3S/c1-35-26-16-15-22(21-13-11-20(19-33)12-14-21)17-23(26)18-32(24-7-3-2-4-8-24)30(34)29-28(31)25-9-5-6-10-27(25)36-29/h5-6,9-17,24,33H,2-4,7-8,18-19H2,1H3. The zero-order chi connectivity index (χ0) is 25.1. The summed E-state index contributed by atoms with van der Waals surface area (Å²) in [5.74, 6) is 0.759. The number of carbonyl (C=O) groups excluding carboxylic acids is 1. The van der Waals surface area contributed by atoms with Crippen molar-refractivity contribution in [2.45, 2.75) is 51.3 Å². The summed E-state index contributed by atoms with van der Waals surface area (Å²) in [6, 6.07) is 22.1. The quantitative estimate of drug-likeness (QED) is 0.272. The molecular formula is C30H30ClNO3S. The second-order valence-corrected chi connectivity index (χ2v) is 10.8. The summed E-state index contributed by atoms with van der Waals surface area (Å²) in [5.41, 5.74) is 3.95. The average molecular weight is 520 g/mol. The van der Waals surface area contributed by atoms with Crippen LogP contribution in [-0.2, 0) is 13.2 Å². The minimum absolute atomic E-state index is 0.00662. The number of hydrogen-bond acceptors (Lipinski definition) is 4. The van der Waals surface area contributed by atoms with E-state index in [2.05, 4.69) is 6.07 Å². The van der Waals surface area contributed by atoms with E-state index >= 15 is 0 Å². The number of aliphatic hydroxyl groups is 1. The van der Waals surface area contributed by atoms with Crippen LogP contribution in [0.4, 0.5) is 0 Å². The highest BCUT2D eigenvalue weighted by molar-refractivity contribution is 7.21. The Kier molecular flexibility index (Phi) is 7.61. The van der Waals surface area contributed by atoms with Gasteiger partial charge in [-0.3, -0.25) is 4.79 Å². The van der Waals surface area contributed by atoms with E-state index in [9.17, 15) is 9.90 Å². The van der Waals surface area contributed by atoms with E-state index in [0.29, 0.717) is 16.4 Å². The SMILES string of the molecule is COc1ccc(-c2ccc(CO)cc2)cc1CN(C(=O)c1sc2ccccc2c1Cl)C1CCCCC1. The number of aliphatic hydroxyl groups excluding tert-OH is 1. The molecule has 4 aromatic rings. The summed E-state index contributed by atoms with van der Waals surface area (Å²) >= 11 is 8.22. The Balaban J connectivity index is 1.52. The largest absolute Gasteiger partial charge is 0.496 e. The minimum Gasteiger partial charge on any atom is -0.496 e. The van der Waals surface area contributed by atoms with Crippen molar-refractivity contribution in [3.63, 3.8) is 0 Å². The van der Waals surface area contributed by atoms with Gasteiger partial charge in [0, 0.05) is 28.2 Å². The second-order valence-electron chi connectivity index (χ2n) is 9.35. The summed E-state index contributed by atoms with van der Waals surface area (Å²) in [6.45, 7) is 0.479. The van der Waals surface area contributed by atoms with Gasteiger partial charge in [-0.2, -0.15) is 0 Å². The highest BCUT2D eigenvalue weighted by Crippen LogP contribution is 2.38. The number of carbonyl (C=O) groups is 1. The number of ether oxygens (including phenoxy) is 1. The van der Waals surface area contributed by atoms with Crippen molar-refractivity contribution in [1.29, 1.82) is 0 Å². The van der Waals surface area contributed by atoms with Gasteiger partial charge in [0.25, 0.3) is 5.91 Å². The van der Waals surface area contributed by atoms with E-state index in [1.807, 2.05) is 65.6 Å². The molecule has 6 heteroatoms. The molecule has 0 aliphatic heterocycles. The van der Waals surface area contributed by atoms with E-state index in [4.69, 9.17) is 16.3 Å². The molecule has 4 nitrogen and oxygen atoms in total. The predicted octanol–water partition coefficient (Wildman–Crippen LogP) is 7.70. The molecule has 3 aromatic carbocycles. The van der Waals surface area contributed by atoms with E-state index in [1.165, 1.54) is 17.8 Å². The molecule has 1 N–H and O–H groups in total. The molecule has 1 saturated carbocycles. The normalized spacial score (nSPS) is 14.2. The van der Waals surface area contributed by atoms with Crippen LogP contribution in [0.15, 0.2) is 66.7 Å².